The fraction of sp³-hybridized carbons (Fsp3) is 0.667. The van der Waals surface area contributed by atoms with Gasteiger partial charge in [0.1, 0.15) is 0 Å². The summed E-state index contributed by atoms with van der Waals surface area (Å²) in [7, 11) is 0. The normalized spacial score (nSPS) is 22.5. The molecule has 5 heteroatoms. The zero-order chi connectivity index (χ0) is 9.80. The molecule has 0 amide bonds. The van der Waals surface area contributed by atoms with Gasteiger partial charge in [0.25, 0.3) is 0 Å². The number of aromatic nitrogens is 1. The van der Waals surface area contributed by atoms with E-state index in [2.05, 4.69) is 15.6 Å². The van der Waals surface area contributed by atoms with Gasteiger partial charge in [-0.15, -0.1) is 11.3 Å². The molecule has 78 valence electrons. The molecule has 14 heavy (non-hydrogen) atoms. The summed E-state index contributed by atoms with van der Waals surface area (Å²) in [5.74, 6) is 0. The minimum absolute atomic E-state index is 0.602. The van der Waals surface area contributed by atoms with E-state index in [1.807, 2.05) is 6.20 Å². The maximum Gasteiger partial charge on any atom is 0.183 e. The molecule has 1 aromatic heterocycles. The van der Waals surface area contributed by atoms with Gasteiger partial charge in [-0.05, 0) is 19.4 Å². The van der Waals surface area contributed by atoms with Crippen LogP contribution < -0.4 is 10.6 Å². The van der Waals surface area contributed by atoms with E-state index in [4.69, 9.17) is 11.6 Å². The zero-order valence-corrected chi connectivity index (χ0v) is 9.50. The van der Waals surface area contributed by atoms with Crippen molar-refractivity contribution in [1.82, 2.24) is 15.6 Å². The fourth-order valence-electron chi connectivity index (χ4n) is 1.64. The van der Waals surface area contributed by atoms with Gasteiger partial charge < -0.3 is 10.6 Å². The third-order valence-corrected chi connectivity index (χ3v) is 3.50. The number of nitrogens with one attached hydrogen (secondary N) is 2. The van der Waals surface area contributed by atoms with Crippen LogP contribution in [0, 0.1) is 0 Å². The smallest absolute Gasteiger partial charge is 0.183 e. The van der Waals surface area contributed by atoms with E-state index < -0.39 is 0 Å². The summed E-state index contributed by atoms with van der Waals surface area (Å²) in [6.45, 7) is 3.12. The average Bonchev–Trinajstić information content (AvgIpc) is 2.63. The number of halogens is 1. The molecular formula is C9H14ClN3S. The molecule has 1 aromatic rings. The third kappa shape index (κ3) is 2.92. The van der Waals surface area contributed by atoms with Crippen LogP contribution in [0.3, 0.4) is 0 Å². The number of thiazole rings is 1. The standard InChI is InChI=1S/C9H14ClN3S/c10-9-13-6-8(14-9)5-12-7-2-1-3-11-4-7/h6-7,11-12H,1-5H2/t7-/m0/s1. The van der Waals surface area contributed by atoms with Crippen LogP contribution in [0.25, 0.3) is 0 Å². The molecular weight excluding hydrogens is 218 g/mol. The van der Waals surface area contributed by atoms with Crippen molar-refractivity contribution >= 4 is 22.9 Å². The number of hydrogen-bond donors (Lipinski definition) is 2. The van der Waals surface area contributed by atoms with E-state index >= 15 is 0 Å². The molecule has 0 aliphatic carbocycles. The van der Waals surface area contributed by atoms with E-state index in [-0.39, 0.29) is 0 Å². The van der Waals surface area contributed by atoms with E-state index in [0.717, 1.165) is 19.6 Å². The highest BCUT2D eigenvalue weighted by molar-refractivity contribution is 7.15. The Morgan fingerprint density at radius 1 is 1.71 bits per heavy atom. The molecule has 1 fully saturated rings. The Hall–Kier alpha value is -0.160. The molecule has 2 rings (SSSR count). The van der Waals surface area contributed by atoms with E-state index in [0.29, 0.717) is 10.5 Å². The van der Waals surface area contributed by atoms with Gasteiger partial charge in [0.15, 0.2) is 4.47 Å². The second kappa shape index (κ2) is 5.07. The summed E-state index contributed by atoms with van der Waals surface area (Å²) in [5, 5.41) is 6.88. The summed E-state index contributed by atoms with van der Waals surface area (Å²) in [6.07, 6.45) is 4.37. The van der Waals surface area contributed by atoms with Gasteiger partial charge in [0.2, 0.25) is 0 Å². The number of hydrogen-bond acceptors (Lipinski definition) is 4. The van der Waals surface area contributed by atoms with Crippen LogP contribution in [0.1, 0.15) is 17.7 Å². The van der Waals surface area contributed by atoms with Crippen molar-refractivity contribution in [3.05, 3.63) is 15.5 Å². The Kier molecular flexibility index (Phi) is 3.75. The van der Waals surface area contributed by atoms with Crippen molar-refractivity contribution in [2.24, 2.45) is 0 Å². The lowest BCUT2D eigenvalue weighted by molar-refractivity contribution is 0.390. The van der Waals surface area contributed by atoms with Gasteiger partial charge in [-0.3, -0.25) is 0 Å². The monoisotopic (exact) mass is 231 g/mol. The second-order valence-corrected chi connectivity index (χ2v) is 5.20. The van der Waals surface area contributed by atoms with Crippen molar-refractivity contribution in [1.29, 1.82) is 0 Å². The van der Waals surface area contributed by atoms with Gasteiger partial charge in [-0.2, -0.15) is 0 Å². The minimum Gasteiger partial charge on any atom is -0.315 e. The Bertz CT molecular complexity index is 283. The third-order valence-electron chi connectivity index (χ3n) is 2.39. The first kappa shape index (κ1) is 10.4. The topological polar surface area (TPSA) is 37.0 Å². The molecule has 2 N–H and O–H groups in total. The Morgan fingerprint density at radius 2 is 2.64 bits per heavy atom. The van der Waals surface area contributed by atoms with Crippen LogP contribution in [0.2, 0.25) is 4.47 Å². The van der Waals surface area contributed by atoms with E-state index in [1.54, 1.807) is 11.3 Å². The largest absolute Gasteiger partial charge is 0.315 e. The van der Waals surface area contributed by atoms with Crippen LogP contribution in [0.4, 0.5) is 0 Å². The second-order valence-electron chi connectivity index (χ2n) is 3.50. The van der Waals surface area contributed by atoms with Gasteiger partial charge in [0, 0.05) is 30.2 Å². The van der Waals surface area contributed by atoms with Crippen molar-refractivity contribution in [3.63, 3.8) is 0 Å². The molecule has 0 aromatic carbocycles. The maximum atomic E-state index is 5.75. The molecule has 0 radical (unpaired) electrons. The average molecular weight is 232 g/mol. The minimum atomic E-state index is 0.602. The first-order valence-corrected chi connectivity index (χ1v) is 6.08. The highest BCUT2D eigenvalue weighted by Crippen LogP contribution is 2.17. The van der Waals surface area contributed by atoms with Crippen LogP contribution in [-0.4, -0.2) is 24.1 Å². The first-order chi connectivity index (χ1) is 6.84. The van der Waals surface area contributed by atoms with Crippen LogP contribution in [-0.2, 0) is 6.54 Å². The highest BCUT2D eigenvalue weighted by Gasteiger charge is 2.12. The molecule has 1 aliphatic rings. The van der Waals surface area contributed by atoms with Crippen molar-refractivity contribution in [2.45, 2.75) is 25.4 Å². The molecule has 0 unspecified atom stereocenters. The molecule has 0 bridgehead atoms. The van der Waals surface area contributed by atoms with Gasteiger partial charge in [0.05, 0.1) is 0 Å². The Balaban J connectivity index is 1.76. The van der Waals surface area contributed by atoms with Gasteiger partial charge in [-0.1, -0.05) is 11.6 Å². The van der Waals surface area contributed by atoms with Gasteiger partial charge in [-0.25, -0.2) is 4.98 Å². The number of piperidine rings is 1. The Labute approximate surface area is 92.9 Å². The molecule has 2 heterocycles. The molecule has 0 saturated carbocycles. The lowest BCUT2D eigenvalue weighted by atomic mass is 10.1. The first-order valence-electron chi connectivity index (χ1n) is 4.89. The highest BCUT2D eigenvalue weighted by atomic mass is 35.5. The van der Waals surface area contributed by atoms with E-state index in [9.17, 15) is 0 Å². The molecule has 3 nitrogen and oxygen atoms in total. The lowest BCUT2D eigenvalue weighted by Crippen LogP contribution is -2.42. The van der Waals surface area contributed by atoms with Crippen LogP contribution >= 0.6 is 22.9 Å². The van der Waals surface area contributed by atoms with E-state index in [1.165, 1.54) is 17.7 Å². The van der Waals surface area contributed by atoms with Gasteiger partial charge >= 0.3 is 0 Å². The lowest BCUT2D eigenvalue weighted by Gasteiger charge is -2.23. The predicted octanol–water partition coefficient (Wildman–Crippen LogP) is 1.64. The van der Waals surface area contributed by atoms with Crippen molar-refractivity contribution < 1.29 is 0 Å². The molecule has 1 saturated heterocycles. The fourth-order valence-corrected chi connectivity index (χ4v) is 2.57. The zero-order valence-electron chi connectivity index (χ0n) is 7.92. The summed E-state index contributed by atoms with van der Waals surface area (Å²) in [4.78, 5) is 5.22. The molecule has 0 spiro atoms. The van der Waals surface area contributed by atoms with Crippen molar-refractivity contribution in [2.75, 3.05) is 13.1 Å². The summed E-state index contributed by atoms with van der Waals surface area (Å²) < 4.78 is 0.628. The molecule has 1 aliphatic heterocycles. The van der Waals surface area contributed by atoms with Crippen LogP contribution in [0.15, 0.2) is 6.20 Å². The van der Waals surface area contributed by atoms with Crippen LogP contribution in [0.5, 0.6) is 0 Å². The summed E-state index contributed by atoms with van der Waals surface area (Å²) in [6, 6.07) is 0.602. The maximum absolute atomic E-state index is 5.75. The molecule has 1 atom stereocenters. The predicted molar refractivity (Wildman–Crippen MR) is 59.9 cm³/mol. The quantitative estimate of drug-likeness (QED) is 0.831. The Morgan fingerprint density at radius 3 is 3.29 bits per heavy atom. The van der Waals surface area contributed by atoms with Crippen molar-refractivity contribution in [3.8, 4) is 0 Å². The number of rotatable bonds is 3. The number of nitrogens with zero attached hydrogens (tertiary/aromatic N) is 1. The summed E-state index contributed by atoms with van der Waals surface area (Å²) in [5.41, 5.74) is 0. The SMILES string of the molecule is Clc1ncc(CN[C@H]2CCCNC2)s1. The summed E-state index contributed by atoms with van der Waals surface area (Å²) >= 11 is 7.30.